The maximum absolute atomic E-state index is 13.1. The Kier molecular flexibility index (Phi) is 8.45. The lowest BCUT2D eigenvalue weighted by atomic mass is 10.1. The maximum Gasteiger partial charge on any atom is 0.269 e. The Morgan fingerprint density at radius 3 is 1.78 bits per heavy atom. The van der Waals surface area contributed by atoms with Crippen LogP contribution in [-0.4, -0.2) is 48.9 Å². The van der Waals surface area contributed by atoms with Gasteiger partial charge in [-0.25, -0.2) is 8.42 Å². The molecule has 0 aliphatic heterocycles. The molecule has 0 atom stereocenters. The zero-order valence-electron chi connectivity index (χ0n) is 20.8. The van der Waals surface area contributed by atoms with Crippen molar-refractivity contribution in [2.45, 2.75) is 4.90 Å². The van der Waals surface area contributed by atoms with Crippen LogP contribution < -0.4 is 28.4 Å². The quantitative estimate of drug-likeness (QED) is 0.214. The number of benzene rings is 3. The molecule has 3 aromatic carbocycles. The van der Waals surface area contributed by atoms with Gasteiger partial charge in [0.05, 0.1) is 51.1 Å². The van der Waals surface area contributed by atoms with E-state index in [1.165, 1.54) is 41.6 Å². The molecule has 0 aromatic heterocycles. The largest absolute Gasteiger partial charge is 0.493 e. The predicted octanol–water partition coefficient (Wildman–Crippen LogP) is 4.61. The molecule has 0 amide bonds. The molecule has 0 heterocycles. The van der Waals surface area contributed by atoms with Gasteiger partial charge >= 0.3 is 0 Å². The molecule has 0 spiro atoms. The Morgan fingerprint density at radius 1 is 0.757 bits per heavy atom. The van der Waals surface area contributed by atoms with E-state index in [4.69, 9.17) is 23.7 Å². The molecular formula is C25H26N2O9S. The molecule has 0 aliphatic rings. The van der Waals surface area contributed by atoms with Gasteiger partial charge in [0.1, 0.15) is 0 Å². The molecule has 0 bridgehead atoms. The molecular weight excluding hydrogens is 504 g/mol. The summed E-state index contributed by atoms with van der Waals surface area (Å²) in [5, 5.41) is 10.9. The molecule has 3 rings (SSSR count). The molecule has 12 heteroatoms. The molecule has 0 radical (unpaired) electrons. The van der Waals surface area contributed by atoms with Gasteiger partial charge in [-0.3, -0.25) is 14.8 Å². The summed E-state index contributed by atoms with van der Waals surface area (Å²) in [6, 6.07) is 11.1. The smallest absolute Gasteiger partial charge is 0.269 e. The van der Waals surface area contributed by atoms with Gasteiger partial charge in [0, 0.05) is 23.8 Å². The van der Waals surface area contributed by atoms with Gasteiger partial charge in [0.2, 0.25) is 5.75 Å². The summed E-state index contributed by atoms with van der Waals surface area (Å²) in [5.41, 5.74) is 1.11. The summed E-state index contributed by atoms with van der Waals surface area (Å²) in [6.45, 7) is 0. The number of nitrogens with zero attached hydrogens (tertiary/aromatic N) is 1. The van der Waals surface area contributed by atoms with Crippen molar-refractivity contribution in [3.05, 3.63) is 69.8 Å². The standard InChI is InChI=1S/C25H26N2O9S/c1-32-21-14-17(7-6-16-12-23(34-3)25(36-5)24(13-16)35-4)20(15-22(21)33-2)26-37(30,31)19-10-8-18(9-11-19)27(28)29/h6-15,26H,1-5H3/b7-6-. The van der Waals surface area contributed by atoms with Crippen molar-refractivity contribution in [2.24, 2.45) is 0 Å². The Bertz CT molecular complexity index is 1390. The molecule has 0 unspecified atom stereocenters. The van der Waals surface area contributed by atoms with Gasteiger partial charge in [-0.15, -0.1) is 0 Å². The minimum Gasteiger partial charge on any atom is -0.493 e. The van der Waals surface area contributed by atoms with Crippen molar-refractivity contribution in [1.29, 1.82) is 0 Å². The lowest BCUT2D eigenvalue weighted by molar-refractivity contribution is -0.384. The fourth-order valence-corrected chi connectivity index (χ4v) is 4.53. The van der Waals surface area contributed by atoms with E-state index < -0.39 is 14.9 Å². The van der Waals surface area contributed by atoms with E-state index in [2.05, 4.69) is 4.72 Å². The second-order valence-electron chi connectivity index (χ2n) is 7.44. The lowest BCUT2D eigenvalue weighted by Gasteiger charge is -2.15. The second-order valence-corrected chi connectivity index (χ2v) is 9.13. The van der Waals surface area contributed by atoms with Gasteiger partial charge in [-0.05, 0) is 35.9 Å². The first kappa shape index (κ1) is 27.1. The first-order chi connectivity index (χ1) is 17.7. The highest BCUT2D eigenvalue weighted by atomic mass is 32.2. The van der Waals surface area contributed by atoms with Crippen LogP contribution in [0.4, 0.5) is 11.4 Å². The molecule has 0 fully saturated rings. The van der Waals surface area contributed by atoms with Gasteiger partial charge < -0.3 is 23.7 Å². The summed E-state index contributed by atoms with van der Waals surface area (Å²) in [7, 11) is 3.31. The topological polar surface area (TPSA) is 135 Å². The van der Waals surface area contributed by atoms with Gasteiger partial charge in [-0.1, -0.05) is 12.2 Å². The van der Waals surface area contributed by atoms with Gasteiger partial charge in [0.25, 0.3) is 15.7 Å². The number of nitrogens with one attached hydrogen (secondary N) is 1. The summed E-state index contributed by atoms with van der Waals surface area (Å²) in [6.07, 6.45) is 3.41. The van der Waals surface area contributed by atoms with E-state index in [1.54, 1.807) is 30.4 Å². The van der Waals surface area contributed by atoms with Crippen molar-refractivity contribution in [2.75, 3.05) is 40.3 Å². The van der Waals surface area contributed by atoms with Crippen molar-refractivity contribution < 1.29 is 37.0 Å². The minimum atomic E-state index is -4.10. The number of anilines is 1. The zero-order chi connectivity index (χ0) is 27.2. The third-order valence-electron chi connectivity index (χ3n) is 5.30. The highest BCUT2D eigenvalue weighted by Crippen LogP contribution is 2.39. The van der Waals surface area contributed by atoms with Crippen molar-refractivity contribution in [3.8, 4) is 28.7 Å². The van der Waals surface area contributed by atoms with Crippen molar-refractivity contribution in [1.82, 2.24) is 0 Å². The number of non-ortho nitro benzene ring substituents is 1. The van der Waals surface area contributed by atoms with Crippen LogP contribution in [0.5, 0.6) is 28.7 Å². The van der Waals surface area contributed by atoms with Crippen LogP contribution in [0.1, 0.15) is 11.1 Å². The average molecular weight is 531 g/mol. The normalized spacial score (nSPS) is 11.2. The van der Waals surface area contributed by atoms with Crippen molar-refractivity contribution >= 4 is 33.6 Å². The number of sulfonamides is 1. The molecule has 37 heavy (non-hydrogen) atoms. The summed E-state index contributed by atoms with van der Waals surface area (Å²) >= 11 is 0. The van der Waals surface area contributed by atoms with Crippen LogP contribution in [0, 0.1) is 10.1 Å². The number of methoxy groups -OCH3 is 5. The average Bonchev–Trinajstić information content (AvgIpc) is 2.91. The third kappa shape index (κ3) is 6.04. The first-order valence-corrected chi connectivity index (χ1v) is 12.2. The Morgan fingerprint density at radius 2 is 1.30 bits per heavy atom. The lowest BCUT2D eigenvalue weighted by Crippen LogP contribution is -2.14. The van der Waals surface area contributed by atoms with Crippen LogP contribution in [0.2, 0.25) is 0 Å². The first-order valence-electron chi connectivity index (χ1n) is 10.7. The van der Waals surface area contributed by atoms with E-state index in [1.807, 2.05) is 0 Å². The third-order valence-corrected chi connectivity index (χ3v) is 6.68. The Labute approximate surface area is 214 Å². The monoisotopic (exact) mass is 530 g/mol. The molecule has 0 saturated carbocycles. The molecule has 0 aliphatic carbocycles. The SMILES string of the molecule is COc1cc(/C=C\c2cc(OC)c(OC)c(OC)c2)c(NS(=O)(=O)c2ccc([N+](=O)[O-])cc2)cc1OC. The minimum absolute atomic E-state index is 0.146. The number of hydrogen-bond donors (Lipinski definition) is 1. The number of nitro benzene ring substituents is 1. The van der Waals surface area contributed by atoms with Gasteiger partial charge in [-0.2, -0.15) is 0 Å². The summed E-state index contributed by atoms with van der Waals surface area (Å²) < 4.78 is 55.5. The predicted molar refractivity (Wildman–Crippen MR) is 138 cm³/mol. The number of rotatable bonds is 11. The maximum atomic E-state index is 13.1. The highest BCUT2D eigenvalue weighted by Gasteiger charge is 2.19. The fraction of sp³-hybridized carbons (Fsp3) is 0.200. The second kappa shape index (κ2) is 11.5. The fourth-order valence-electron chi connectivity index (χ4n) is 3.46. The molecule has 0 saturated heterocycles. The van der Waals surface area contributed by atoms with E-state index in [0.717, 1.165) is 24.3 Å². The van der Waals surface area contributed by atoms with E-state index in [9.17, 15) is 18.5 Å². The van der Waals surface area contributed by atoms with E-state index >= 15 is 0 Å². The van der Waals surface area contributed by atoms with Crippen LogP contribution in [0.25, 0.3) is 12.2 Å². The molecule has 3 aromatic rings. The van der Waals surface area contributed by atoms with Gasteiger partial charge in [0.15, 0.2) is 23.0 Å². The van der Waals surface area contributed by atoms with Crippen molar-refractivity contribution in [3.63, 3.8) is 0 Å². The van der Waals surface area contributed by atoms with E-state index in [0.29, 0.717) is 39.9 Å². The summed E-state index contributed by atoms with van der Waals surface area (Å²) in [5.74, 6) is 2.02. The number of ether oxygens (including phenoxy) is 5. The van der Waals surface area contributed by atoms with Crippen LogP contribution in [-0.2, 0) is 10.0 Å². The molecule has 196 valence electrons. The Balaban J connectivity index is 2.06. The van der Waals surface area contributed by atoms with Crippen LogP contribution >= 0.6 is 0 Å². The number of nitro groups is 1. The number of hydrogen-bond acceptors (Lipinski definition) is 9. The van der Waals surface area contributed by atoms with Crippen LogP contribution in [0.3, 0.4) is 0 Å². The summed E-state index contributed by atoms with van der Waals surface area (Å²) in [4.78, 5) is 10.2. The molecule has 11 nitrogen and oxygen atoms in total. The Hall–Kier alpha value is -4.45. The highest BCUT2D eigenvalue weighted by molar-refractivity contribution is 7.92. The molecule has 1 N–H and O–H groups in total. The van der Waals surface area contributed by atoms with Crippen LogP contribution in [0.15, 0.2) is 53.4 Å². The zero-order valence-corrected chi connectivity index (χ0v) is 21.6. The van der Waals surface area contributed by atoms with E-state index in [-0.39, 0.29) is 16.3 Å².